The van der Waals surface area contributed by atoms with Crippen LogP contribution in [0.1, 0.15) is 32.8 Å². The van der Waals surface area contributed by atoms with Crippen molar-refractivity contribution >= 4 is 35.1 Å². The van der Waals surface area contributed by atoms with E-state index in [1.165, 1.54) is 0 Å². The number of hydrazine groups is 1. The average molecular weight is 375 g/mol. The van der Waals surface area contributed by atoms with E-state index in [0.717, 1.165) is 0 Å². The van der Waals surface area contributed by atoms with Crippen LogP contribution in [-0.2, 0) is 24.6 Å². The monoisotopic (exact) mass is 374 g/mol. The zero-order valence-electron chi connectivity index (χ0n) is 13.7. The van der Waals surface area contributed by atoms with Gasteiger partial charge in [0.25, 0.3) is 0 Å². The van der Waals surface area contributed by atoms with Crippen LogP contribution in [0.3, 0.4) is 0 Å². The van der Waals surface area contributed by atoms with E-state index >= 15 is 0 Å². The first-order valence-electron chi connectivity index (χ1n) is 7.63. The maximum Gasteiger partial charge on any atom is 0.332 e. The molecule has 0 radical (unpaired) electrons. The van der Waals surface area contributed by atoms with Gasteiger partial charge < -0.3 is 9.47 Å². The standard InChI is InChI=1S/C16H20Cl2N2O4/c1-4-23-13(21)15(3)9-16(20-19-15,14(22)24-5-2)11-7-6-10(17)8-12(11)18/h6-8,19-20H,4-5,9H2,1-3H3. The summed E-state index contributed by atoms with van der Waals surface area (Å²) in [5.41, 5.74) is 3.83. The van der Waals surface area contributed by atoms with E-state index in [0.29, 0.717) is 15.6 Å². The molecule has 1 saturated heterocycles. The van der Waals surface area contributed by atoms with Gasteiger partial charge in [-0.1, -0.05) is 29.3 Å². The minimum atomic E-state index is -1.32. The Balaban J connectivity index is 2.47. The second-order valence-corrected chi connectivity index (χ2v) is 6.57. The van der Waals surface area contributed by atoms with Crippen molar-refractivity contribution in [3.63, 3.8) is 0 Å². The largest absolute Gasteiger partial charge is 0.465 e. The van der Waals surface area contributed by atoms with Crippen LogP contribution in [0.25, 0.3) is 0 Å². The zero-order chi connectivity index (χ0) is 18.0. The molecule has 2 N–H and O–H groups in total. The normalized spacial score (nSPS) is 26.2. The third-order valence-electron chi connectivity index (χ3n) is 3.91. The number of nitrogens with one attached hydrogen (secondary N) is 2. The average Bonchev–Trinajstić information content (AvgIpc) is 2.88. The molecule has 6 nitrogen and oxygen atoms in total. The Kier molecular flexibility index (Phi) is 5.75. The Hall–Kier alpha value is -1.34. The highest BCUT2D eigenvalue weighted by Gasteiger charge is 2.57. The van der Waals surface area contributed by atoms with Crippen molar-refractivity contribution in [3.8, 4) is 0 Å². The number of ether oxygens (including phenoxy) is 2. The number of carbonyl (C=O) groups excluding carboxylic acids is 2. The van der Waals surface area contributed by atoms with Crippen LogP contribution in [0.4, 0.5) is 0 Å². The van der Waals surface area contributed by atoms with Gasteiger partial charge in [0.15, 0.2) is 5.54 Å². The highest BCUT2D eigenvalue weighted by molar-refractivity contribution is 6.35. The van der Waals surface area contributed by atoms with Crippen LogP contribution in [0.15, 0.2) is 18.2 Å². The summed E-state index contributed by atoms with van der Waals surface area (Å²) in [6, 6.07) is 4.82. The van der Waals surface area contributed by atoms with Crippen LogP contribution in [-0.4, -0.2) is 30.7 Å². The van der Waals surface area contributed by atoms with Gasteiger partial charge >= 0.3 is 11.9 Å². The van der Waals surface area contributed by atoms with Crippen molar-refractivity contribution in [1.29, 1.82) is 0 Å². The van der Waals surface area contributed by atoms with E-state index in [2.05, 4.69) is 10.9 Å². The summed E-state index contributed by atoms with van der Waals surface area (Å²) in [5, 5.41) is 0.750. The van der Waals surface area contributed by atoms with Gasteiger partial charge in [-0.15, -0.1) is 0 Å². The third kappa shape index (κ3) is 3.37. The van der Waals surface area contributed by atoms with Crippen molar-refractivity contribution in [2.75, 3.05) is 13.2 Å². The maximum absolute atomic E-state index is 12.7. The van der Waals surface area contributed by atoms with Gasteiger partial charge in [0.05, 0.1) is 13.2 Å². The Bertz CT molecular complexity index is 655. The van der Waals surface area contributed by atoms with Crippen LogP contribution < -0.4 is 10.9 Å². The minimum absolute atomic E-state index is 0.0824. The summed E-state index contributed by atoms with van der Waals surface area (Å²) < 4.78 is 10.3. The first kappa shape index (κ1) is 19.0. The fourth-order valence-electron chi connectivity index (χ4n) is 2.76. The lowest BCUT2D eigenvalue weighted by molar-refractivity contribution is -0.152. The topological polar surface area (TPSA) is 76.7 Å². The quantitative estimate of drug-likeness (QED) is 0.771. The Morgan fingerprint density at radius 1 is 1.12 bits per heavy atom. The minimum Gasteiger partial charge on any atom is -0.465 e. The van der Waals surface area contributed by atoms with E-state index in [9.17, 15) is 9.59 Å². The molecule has 1 aromatic carbocycles. The summed E-state index contributed by atoms with van der Waals surface area (Å²) >= 11 is 12.2. The molecule has 1 aromatic rings. The van der Waals surface area contributed by atoms with Gasteiger partial charge in [-0.2, -0.15) is 0 Å². The lowest BCUT2D eigenvalue weighted by Gasteiger charge is -2.28. The molecule has 0 bridgehead atoms. The SMILES string of the molecule is CCOC(=O)C1(C)CC(C(=O)OCC)(c2ccc(Cl)cc2Cl)NN1. The molecule has 1 heterocycles. The van der Waals surface area contributed by atoms with Gasteiger partial charge in [-0.3, -0.25) is 4.79 Å². The molecule has 1 fully saturated rings. The number of benzene rings is 1. The summed E-state index contributed by atoms with van der Waals surface area (Å²) in [4.78, 5) is 25.0. The number of halogens is 2. The van der Waals surface area contributed by atoms with E-state index in [1.54, 1.807) is 39.0 Å². The third-order valence-corrected chi connectivity index (χ3v) is 4.46. The van der Waals surface area contributed by atoms with Gasteiger partial charge in [-0.05, 0) is 32.9 Å². The molecule has 0 spiro atoms. The van der Waals surface area contributed by atoms with E-state index in [1.807, 2.05) is 0 Å². The number of rotatable bonds is 5. The summed E-state index contributed by atoms with van der Waals surface area (Å²) in [6.07, 6.45) is 0.0824. The highest BCUT2D eigenvalue weighted by Crippen LogP contribution is 2.40. The van der Waals surface area contributed by atoms with Crippen LogP contribution in [0.5, 0.6) is 0 Å². The number of hydrogen-bond donors (Lipinski definition) is 2. The summed E-state index contributed by atoms with van der Waals surface area (Å²) in [6.45, 7) is 5.52. The van der Waals surface area contributed by atoms with Crippen molar-refractivity contribution in [2.24, 2.45) is 0 Å². The molecule has 0 amide bonds. The van der Waals surface area contributed by atoms with Gasteiger partial charge in [-0.25, -0.2) is 15.6 Å². The fourth-order valence-corrected chi connectivity index (χ4v) is 3.33. The van der Waals surface area contributed by atoms with Gasteiger partial charge in [0.1, 0.15) is 5.54 Å². The molecule has 2 rings (SSSR count). The molecule has 1 aliphatic heterocycles. The molecule has 132 valence electrons. The van der Waals surface area contributed by atoms with Gasteiger partial charge in [0, 0.05) is 22.0 Å². The Morgan fingerprint density at radius 2 is 1.75 bits per heavy atom. The molecular weight excluding hydrogens is 355 g/mol. The zero-order valence-corrected chi connectivity index (χ0v) is 15.3. The molecule has 0 aliphatic carbocycles. The summed E-state index contributed by atoms with van der Waals surface area (Å²) in [7, 11) is 0. The van der Waals surface area contributed by atoms with Crippen molar-refractivity contribution in [1.82, 2.24) is 10.9 Å². The molecule has 2 atom stereocenters. The predicted molar refractivity (Wildman–Crippen MR) is 90.7 cm³/mol. The van der Waals surface area contributed by atoms with Crippen molar-refractivity contribution in [3.05, 3.63) is 33.8 Å². The molecule has 2 unspecified atom stereocenters. The first-order chi connectivity index (χ1) is 11.3. The highest BCUT2D eigenvalue weighted by atomic mass is 35.5. The number of carbonyl (C=O) groups is 2. The van der Waals surface area contributed by atoms with Gasteiger partial charge in [0.2, 0.25) is 0 Å². The lowest BCUT2D eigenvalue weighted by Crippen LogP contribution is -2.51. The number of hydrogen-bond acceptors (Lipinski definition) is 6. The second kappa shape index (κ2) is 7.27. The van der Waals surface area contributed by atoms with Crippen LogP contribution in [0.2, 0.25) is 10.0 Å². The van der Waals surface area contributed by atoms with Crippen molar-refractivity contribution in [2.45, 2.75) is 38.3 Å². The first-order valence-corrected chi connectivity index (χ1v) is 8.39. The molecule has 8 heteroatoms. The molecule has 1 aliphatic rings. The summed E-state index contributed by atoms with van der Waals surface area (Å²) in [5.74, 6) is -0.997. The maximum atomic E-state index is 12.7. The number of esters is 2. The molecule has 0 saturated carbocycles. The Morgan fingerprint density at radius 3 is 2.33 bits per heavy atom. The van der Waals surface area contributed by atoms with Crippen molar-refractivity contribution < 1.29 is 19.1 Å². The van der Waals surface area contributed by atoms with Crippen LogP contribution >= 0.6 is 23.2 Å². The Labute approximate surface area is 150 Å². The van der Waals surface area contributed by atoms with E-state index < -0.39 is 23.0 Å². The molecule has 24 heavy (non-hydrogen) atoms. The molecular formula is C16H20Cl2N2O4. The fraction of sp³-hybridized carbons (Fsp3) is 0.500. The van der Waals surface area contributed by atoms with E-state index in [4.69, 9.17) is 32.7 Å². The second-order valence-electron chi connectivity index (χ2n) is 5.73. The smallest absolute Gasteiger partial charge is 0.332 e. The predicted octanol–water partition coefficient (Wildman–Crippen LogP) is 2.57. The van der Waals surface area contributed by atoms with E-state index in [-0.39, 0.29) is 19.6 Å². The van der Waals surface area contributed by atoms with Crippen LogP contribution in [0, 0.1) is 0 Å². The molecule has 0 aromatic heterocycles. The lowest BCUT2D eigenvalue weighted by atomic mass is 9.81.